The highest BCUT2D eigenvalue weighted by Crippen LogP contribution is 2.40. The van der Waals surface area contributed by atoms with Gasteiger partial charge in [-0.3, -0.25) is 19.7 Å². The van der Waals surface area contributed by atoms with Crippen molar-refractivity contribution in [2.75, 3.05) is 10.2 Å². The molecular weight excluding hydrogens is 346 g/mol. The SMILES string of the molecule is O=C1C[C@@H](c2ccccc2)n2nc(N3C(=O)[C@H]4CCCC[C@@H]4C3=O)nc2N1. The number of fused-ring (bicyclic) bond motifs is 2. The molecule has 1 aliphatic carbocycles. The Labute approximate surface area is 155 Å². The Morgan fingerprint density at radius 1 is 0.963 bits per heavy atom. The molecule has 5 rings (SSSR count). The minimum Gasteiger partial charge on any atom is -0.295 e. The molecule has 27 heavy (non-hydrogen) atoms. The molecule has 0 bridgehead atoms. The third-order valence-electron chi connectivity index (χ3n) is 5.77. The Bertz CT molecular complexity index is 914. The summed E-state index contributed by atoms with van der Waals surface area (Å²) in [5.74, 6) is -0.769. The van der Waals surface area contributed by atoms with Gasteiger partial charge >= 0.3 is 0 Å². The Morgan fingerprint density at radius 2 is 1.63 bits per heavy atom. The van der Waals surface area contributed by atoms with E-state index in [1.165, 1.54) is 0 Å². The van der Waals surface area contributed by atoms with E-state index < -0.39 is 0 Å². The lowest BCUT2D eigenvalue weighted by Crippen LogP contribution is -2.32. The monoisotopic (exact) mass is 365 g/mol. The summed E-state index contributed by atoms with van der Waals surface area (Å²) in [5, 5.41) is 7.16. The van der Waals surface area contributed by atoms with E-state index in [2.05, 4.69) is 15.4 Å². The molecule has 0 spiro atoms. The standard InChI is InChI=1S/C19H19N5O3/c25-15-10-14(11-6-2-1-3-7-11)24-18(20-15)21-19(22-24)23-16(26)12-8-4-5-9-13(12)17(23)27/h1-3,6-7,12-14H,4-5,8-10H2,(H,20,21,22,25)/t12-,13-,14-/m0/s1. The van der Waals surface area contributed by atoms with Crippen LogP contribution in [0.3, 0.4) is 0 Å². The highest BCUT2D eigenvalue weighted by molar-refractivity contribution is 6.21. The number of aromatic nitrogens is 3. The number of anilines is 2. The summed E-state index contributed by atoms with van der Waals surface area (Å²) in [6.07, 6.45) is 3.64. The molecule has 8 heteroatoms. The van der Waals surface area contributed by atoms with Crippen LogP contribution in [0.25, 0.3) is 0 Å². The predicted molar refractivity (Wildman–Crippen MR) is 95.8 cm³/mol. The number of rotatable bonds is 2. The van der Waals surface area contributed by atoms with E-state index in [9.17, 15) is 14.4 Å². The molecule has 1 saturated carbocycles. The minimum absolute atomic E-state index is 0.0672. The second-order valence-corrected chi connectivity index (χ2v) is 7.37. The molecule has 1 N–H and O–H groups in total. The van der Waals surface area contributed by atoms with Gasteiger partial charge in [0.1, 0.15) is 0 Å². The molecule has 0 radical (unpaired) electrons. The first kappa shape index (κ1) is 16.2. The van der Waals surface area contributed by atoms with Crippen LogP contribution in [0.2, 0.25) is 0 Å². The van der Waals surface area contributed by atoms with Crippen LogP contribution in [0, 0.1) is 11.8 Å². The minimum atomic E-state index is -0.314. The number of hydrogen-bond acceptors (Lipinski definition) is 5. The predicted octanol–water partition coefficient (Wildman–Crippen LogP) is 1.89. The molecule has 1 aromatic heterocycles. The van der Waals surface area contributed by atoms with Crippen LogP contribution in [0.1, 0.15) is 43.7 Å². The van der Waals surface area contributed by atoms with Crippen molar-refractivity contribution in [3.63, 3.8) is 0 Å². The van der Waals surface area contributed by atoms with Gasteiger partial charge in [0.15, 0.2) is 0 Å². The molecule has 1 aromatic carbocycles. The van der Waals surface area contributed by atoms with Crippen molar-refractivity contribution in [2.24, 2.45) is 11.8 Å². The first-order chi connectivity index (χ1) is 13.1. The molecule has 2 aromatic rings. The van der Waals surface area contributed by atoms with Crippen LogP contribution in [-0.2, 0) is 14.4 Å². The van der Waals surface area contributed by atoms with Crippen molar-refractivity contribution >= 4 is 29.6 Å². The summed E-state index contributed by atoms with van der Waals surface area (Å²) in [6, 6.07) is 9.24. The van der Waals surface area contributed by atoms with E-state index >= 15 is 0 Å². The fourth-order valence-electron chi connectivity index (χ4n) is 4.44. The summed E-state index contributed by atoms with van der Waals surface area (Å²) in [4.78, 5) is 43.2. The number of amides is 3. The van der Waals surface area contributed by atoms with Gasteiger partial charge < -0.3 is 0 Å². The van der Waals surface area contributed by atoms with Crippen molar-refractivity contribution < 1.29 is 14.4 Å². The van der Waals surface area contributed by atoms with Crippen LogP contribution in [0.4, 0.5) is 11.9 Å². The van der Waals surface area contributed by atoms with Crippen LogP contribution in [0.15, 0.2) is 30.3 Å². The van der Waals surface area contributed by atoms with Crippen LogP contribution in [0.5, 0.6) is 0 Å². The number of carbonyl (C=O) groups excluding carboxylic acids is 3. The number of carbonyl (C=O) groups is 3. The first-order valence-electron chi connectivity index (χ1n) is 9.32. The summed E-state index contributed by atoms with van der Waals surface area (Å²) in [6.45, 7) is 0. The molecule has 2 aliphatic heterocycles. The van der Waals surface area contributed by atoms with E-state index in [4.69, 9.17) is 0 Å². The maximum absolute atomic E-state index is 12.8. The lowest BCUT2D eigenvalue weighted by molar-refractivity contribution is -0.122. The normalized spacial score (nSPS) is 27.3. The quantitative estimate of drug-likeness (QED) is 0.820. The van der Waals surface area contributed by atoms with E-state index in [1.54, 1.807) is 4.68 Å². The van der Waals surface area contributed by atoms with Gasteiger partial charge in [0, 0.05) is 0 Å². The van der Waals surface area contributed by atoms with Crippen molar-refractivity contribution in [2.45, 2.75) is 38.1 Å². The Morgan fingerprint density at radius 3 is 2.30 bits per heavy atom. The van der Waals surface area contributed by atoms with Crippen molar-refractivity contribution in [1.82, 2.24) is 14.8 Å². The number of nitrogens with zero attached hydrogens (tertiary/aromatic N) is 4. The van der Waals surface area contributed by atoms with E-state index in [0.717, 1.165) is 36.1 Å². The Kier molecular flexibility index (Phi) is 3.60. The largest absolute Gasteiger partial charge is 0.295 e. The second-order valence-electron chi connectivity index (χ2n) is 7.37. The molecule has 138 valence electrons. The Balaban J connectivity index is 1.54. The van der Waals surface area contributed by atoms with Gasteiger partial charge in [-0.1, -0.05) is 43.2 Å². The zero-order valence-corrected chi connectivity index (χ0v) is 14.7. The third-order valence-corrected chi connectivity index (χ3v) is 5.77. The lowest BCUT2D eigenvalue weighted by atomic mass is 9.81. The van der Waals surface area contributed by atoms with Gasteiger partial charge in [0.25, 0.3) is 5.95 Å². The zero-order chi connectivity index (χ0) is 18.5. The van der Waals surface area contributed by atoms with Crippen molar-refractivity contribution in [3.8, 4) is 0 Å². The molecule has 3 amide bonds. The maximum atomic E-state index is 12.8. The molecule has 3 atom stereocenters. The van der Waals surface area contributed by atoms with Gasteiger partial charge in [0.2, 0.25) is 23.7 Å². The third kappa shape index (κ3) is 2.47. The summed E-state index contributed by atoms with van der Waals surface area (Å²) in [5.41, 5.74) is 0.929. The summed E-state index contributed by atoms with van der Waals surface area (Å²) >= 11 is 0. The molecular formula is C19H19N5O3. The number of imide groups is 1. The first-order valence-corrected chi connectivity index (χ1v) is 9.32. The smallest absolute Gasteiger partial charge is 0.260 e. The molecule has 8 nitrogen and oxygen atoms in total. The number of benzene rings is 1. The average Bonchev–Trinajstić information content (AvgIpc) is 3.21. The van der Waals surface area contributed by atoms with Gasteiger partial charge in [-0.25, -0.2) is 9.58 Å². The van der Waals surface area contributed by atoms with Gasteiger partial charge in [-0.15, -0.1) is 5.10 Å². The van der Waals surface area contributed by atoms with Gasteiger partial charge in [-0.2, -0.15) is 4.98 Å². The van der Waals surface area contributed by atoms with Crippen LogP contribution < -0.4 is 10.2 Å². The maximum Gasteiger partial charge on any atom is 0.260 e. The fraction of sp³-hybridized carbons (Fsp3) is 0.421. The lowest BCUT2D eigenvalue weighted by Gasteiger charge is -2.23. The Hall–Kier alpha value is -3.03. The van der Waals surface area contributed by atoms with Crippen molar-refractivity contribution in [1.29, 1.82) is 0 Å². The molecule has 3 aliphatic rings. The molecule has 3 heterocycles. The van der Waals surface area contributed by atoms with E-state index in [1.807, 2.05) is 30.3 Å². The van der Waals surface area contributed by atoms with Crippen molar-refractivity contribution in [3.05, 3.63) is 35.9 Å². The van der Waals surface area contributed by atoms with Crippen LogP contribution >= 0.6 is 0 Å². The van der Waals surface area contributed by atoms with Gasteiger partial charge in [0.05, 0.1) is 24.3 Å². The van der Waals surface area contributed by atoms with E-state index in [0.29, 0.717) is 0 Å². The number of nitrogens with one attached hydrogen (secondary N) is 1. The van der Waals surface area contributed by atoms with E-state index in [-0.39, 0.29) is 53.9 Å². The average molecular weight is 365 g/mol. The fourth-order valence-corrected chi connectivity index (χ4v) is 4.44. The van der Waals surface area contributed by atoms with Crippen LogP contribution in [-0.4, -0.2) is 32.5 Å². The second kappa shape index (κ2) is 6.00. The summed E-state index contributed by atoms with van der Waals surface area (Å²) < 4.78 is 1.61. The highest BCUT2D eigenvalue weighted by atomic mass is 16.2. The topological polar surface area (TPSA) is 97.2 Å². The molecule has 1 saturated heterocycles. The zero-order valence-electron chi connectivity index (χ0n) is 14.7. The highest BCUT2D eigenvalue weighted by Gasteiger charge is 2.50. The molecule has 2 fully saturated rings. The van der Waals surface area contributed by atoms with Gasteiger partial charge in [-0.05, 0) is 18.4 Å². The number of hydrogen-bond donors (Lipinski definition) is 1. The molecule has 0 unspecified atom stereocenters. The summed E-state index contributed by atoms with van der Waals surface area (Å²) in [7, 11) is 0.